The first kappa shape index (κ1) is 13.0. The fourth-order valence-electron chi connectivity index (χ4n) is 2.08. The van der Waals surface area contributed by atoms with Gasteiger partial charge in [-0.1, -0.05) is 0 Å². The minimum atomic E-state index is -0.107. The third-order valence-electron chi connectivity index (χ3n) is 3.19. The maximum absolute atomic E-state index is 11.3. The lowest BCUT2D eigenvalue weighted by Gasteiger charge is -2.32. The molecule has 2 N–H and O–H groups in total. The third-order valence-corrected chi connectivity index (χ3v) is 3.19. The third kappa shape index (κ3) is 3.82. The van der Waals surface area contributed by atoms with Crippen molar-refractivity contribution in [1.82, 2.24) is 19.8 Å². The molecule has 0 saturated carbocycles. The molecule has 0 radical (unpaired) electrons. The molecular weight excluding hydrogens is 230 g/mol. The van der Waals surface area contributed by atoms with Crippen LogP contribution in [0.4, 0.5) is 5.82 Å². The Labute approximate surface area is 107 Å². The van der Waals surface area contributed by atoms with E-state index in [9.17, 15) is 4.79 Å². The molecule has 1 fully saturated rings. The molecule has 100 valence electrons. The summed E-state index contributed by atoms with van der Waals surface area (Å²) in [6.45, 7) is 8.07. The summed E-state index contributed by atoms with van der Waals surface area (Å²) < 4.78 is 0. The van der Waals surface area contributed by atoms with Crippen LogP contribution < -0.4 is 10.9 Å². The van der Waals surface area contributed by atoms with E-state index in [1.807, 2.05) is 0 Å². The van der Waals surface area contributed by atoms with E-state index in [4.69, 9.17) is 0 Å². The van der Waals surface area contributed by atoms with E-state index in [0.717, 1.165) is 39.3 Å². The van der Waals surface area contributed by atoms with Crippen molar-refractivity contribution in [3.63, 3.8) is 0 Å². The van der Waals surface area contributed by atoms with Crippen LogP contribution in [0.15, 0.2) is 10.9 Å². The number of rotatable bonds is 4. The Balaban J connectivity index is 1.76. The zero-order valence-electron chi connectivity index (χ0n) is 11.1. The zero-order valence-corrected chi connectivity index (χ0v) is 11.1. The monoisotopic (exact) mass is 251 g/mol. The number of likely N-dealkylation sites (N-methyl/N-ethyl adjacent to an activating group) is 1. The molecule has 0 spiro atoms. The Morgan fingerprint density at radius 1 is 1.39 bits per heavy atom. The maximum atomic E-state index is 11.3. The van der Waals surface area contributed by atoms with Gasteiger partial charge >= 0.3 is 0 Å². The summed E-state index contributed by atoms with van der Waals surface area (Å²) in [6.07, 6.45) is 0. The number of nitrogens with one attached hydrogen (secondary N) is 2. The van der Waals surface area contributed by atoms with Gasteiger partial charge in [-0.15, -0.1) is 0 Å². The van der Waals surface area contributed by atoms with E-state index < -0.39 is 0 Å². The van der Waals surface area contributed by atoms with Crippen molar-refractivity contribution in [2.45, 2.75) is 6.92 Å². The summed E-state index contributed by atoms with van der Waals surface area (Å²) in [5, 5.41) is 3.20. The van der Waals surface area contributed by atoms with Gasteiger partial charge in [0.05, 0.1) is 0 Å². The summed E-state index contributed by atoms with van der Waals surface area (Å²) >= 11 is 0. The average Bonchev–Trinajstić information content (AvgIpc) is 2.30. The predicted octanol–water partition coefficient (Wildman–Crippen LogP) is -0.262. The van der Waals surface area contributed by atoms with Crippen LogP contribution in [0.1, 0.15) is 5.82 Å². The molecule has 2 heterocycles. The minimum absolute atomic E-state index is 0.107. The molecule has 6 heteroatoms. The molecule has 0 aromatic carbocycles. The number of piperazine rings is 1. The predicted molar refractivity (Wildman–Crippen MR) is 72.0 cm³/mol. The number of H-pyrrole nitrogens is 1. The largest absolute Gasteiger partial charge is 0.369 e. The Morgan fingerprint density at radius 3 is 2.78 bits per heavy atom. The molecule has 0 amide bonds. The molecule has 1 aromatic heterocycles. The highest BCUT2D eigenvalue weighted by Crippen LogP contribution is 2.00. The fraction of sp³-hybridized carbons (Fsp3) is 0.667. The molecule has 0 unspecified atom stereocenters. The van der Waals surface area contributed by atoms with Crippen LogP contribution in [0, 0.1) is 6.92 Å². The summed E-state index contributed by atoms with van der Waals surface area (Å²) in [4.78, 5) is 22.9. The van der Waals surface area contributed by atoms with Crippen LogP contribution >= 0.6 is 0 Å². The van der Waals surface area contributed by atoms with E-state index in [1.54, 1.807) is 6.92 Å². The van der Waals surface area contributed by atoms with E-state index in [2.05, 4.69) is 32.1 Å². The van der Waals surface area contributed by atoms with E-state index in [-0.39, 0.29) is 5.56 Å². The van der Waals surface area contributed by atoms with Gasteiger partial charge in [-0.25, -0.2) is 4.98 Å². The Hall–Kier alpha value is -1.40. The maximum Gasteiger partial charge on any atom is 0.252 e. The van der Waals surface area contributed by atoms with Crippen molar-refractivity contribution < 1.29 is 0 Å². The Morgan fingerprint density at radius 2 is 2.11 bits per heavy atom. The molecule has 1 aliphatic rings. The first-order valence-corrected chi connectivity index (χ1v) is 6.36. The van der Waals surface area contributed by atoms with Gasteiger partial charge in [0, 0.05) is 45.3 Å². The molecule has 1 aromatic rings. The summed E-state index contributed by atoms with van der Waals surface area (Å²) in [7, 11) is 2.15. The standard InChI is InChI=1S/C12H21N5O/c1-10-14-11(9-12(18)15-10)13-3-4-17-7-5-16(2)6-8-17/h9H,3-8H2,1-2H3,(H2,13,14,15,18). The molecular formula is C12H21N5O. The second-order valence-corrected chi connectivity index (χ2v) is 4.79. The highest BCUT2D eigenvalue weighted by atomic mass is 16.1. The summed E-state index contributed by atoms with van der Waals surface area (Å²) in [5.41, 5.74) is -0.107. The average molecular weight is 251 g/mol. The molecule has 0 atom stereocenters. The number of aromatic amines is 1. The normalized spacial score (nSPS) is 17.9. The van der Waals surface area contributed by atoms with Crippen LogP contribution in [0.5, 0.6) is 0 Å². The molecule has 0 aliphatic carbocycles. The van der Waals surface area contributed by atoms with Crippen molar-refractivity contribution >= 4 is 5.82 Å². The smallest absolute Gasteiger partial charge is 0.252 e. The lowest BCUT2D eigenvalue weighted by molar-refractivity contribution is 0.158. The number of aryl methyl sites for hydroxylation is 1. The highest BCUT2D eigenvalue weighted by molar-refractivity contribution is 5.32. The van der Waals surface area contributed by atoms with Crippen molar-refractivity contribution in [1.29, 1.82) is 0 Å². The first-order chi connectivity index (χ1) is 8.63. The fourth-order valence-corrected chi connectivity index (χ4v) is 2.08. The molecule has 0 bridgehead atoms. The molecule has 18 heavy (non-hydrogen) atoms. The quantitative estimate of drug-likeness (QED) is 0.772. The minimum Gasteiger partial charge on any atom is -0.369 e. The second-order valence-electron chi connectivity index (χ2n) is 4.79. The lowest BCUT2D eigenvalue weighted by atomic mass is 10.3. The zero-order chi connectivity index (χ0) is 13.0. The van der Waals surface area contributed by atoms with E-state index >= 15 is 0 Å². The molecule has 2 rings (SSSR count). The summed E-state index contributed by atoms with van der Waals surface area (Å²) in [6, 6.07) is 1.50. The van der Waals surface area contributed by atoms with Crippen LogP contribution in [0.25, 0.3) is 0 Å². The Kier molecular flexibility index (Phi) is 4.33. The van der Waals surface area contributed by atoms with Gasteiger partial charge < -0.3 is 15.2 Å². The van der Waals surface area contributed by atoms with Crippen LogP contribution in [-0.4, -0.2) is 66.1 Å². The summed E-state index contributed by atoms with van der Waals surface area (Å²) in [5.74, 6) is 1.30. The van der Waals surface area contributed by atoms with E-state index in [0.29, 0.717) is 11.6 Å². The van der Waals surface area contributed by atoms with Crippen LogP contribution in [0.2, 0.25) is 0 Å². The van der Waals surface area contributed by atoms with Crippen LogP contribution in [0.3, 0.4) is 0 Å². The Bertz CT molecular complexity index is 436. The SMILES string of the molecule is Cc1nc(NCCN2CCN(C)CC2)cc(=O)[nH]1. The highest BCUT2D eigenvalue weighted by Gasteiger charge is 2.12. The van der Waals surface area contributed by atoms with Crippen molar-refractivity contribution in [3.8, 4) is 0 Å². The van der Waals surface area contributed by atoms with Gasteiger partial charge in [0.25, 0.3) is 5.56 Å². The number of aromatic nitrogens is 2. The van der Waals surface area contributed by atoms with Gasteiger partial charge in [-0.05, 0) is 14.0 Å². The van der Waals surface area contributed by atoms with Gasteiger partial charge in [0.1, 0.15) is 11.6 Å². The molecule has 1 saturated heterocycles. The number of hydrogen-bond donors (Lipinski definition) is 2. The van der Waals surface area contributed by atoms with Gasteiger partial charge in [0.15, 0.2) is 0 Å². The number of nitrogens with zero attached hydrogens (tertiary/aromatic N) is 3. The molecule has 6 nitrogen and oxygen atoms in total. The number of hydrogen-bond acceptors (Lipinski definition) is 5. The van der Waals surface area contributed by atoms with Crippen molar-refractivity contribution in [3.05, 3.63) is 22.2 Å². The number of anilines is 1. The second kappa shape index (κ2) is 5.97. The van der Waals surface area contributed by atoms with Gasteiger partial charge in [0.2, 0.25) is 0 Å². The van der Waals surface area contributed by atoms with Crippen molar-refractivity contribution in [2.75, 3.05) is 51.6 Å². The lowest BCUT2D eigenvalue weighted by Crippen LogP contribution is -2.45. The van der Waals surface area contributed by atoms with Gasteiger partial charge in [-0.3, -0.25) is 9.69 Å². The van der Waals surface area contributed by atoms with Gasteiger partial charge in [-0.2, -0.15) is 0 Å². The van der Waals surface area contributed by atoms with Crippen LogP contribution in [-0.2, 0) is 0 Å². The topological polar surface area (TPSA) is 64.3 Å². The first-order valence-electron chi connectivity index (χ1n) is 6.36. The van der Waals surface area contributed by atoms with Crippen molar-refractivity contribution in [2.24, 2.45) is 0 Å². The molecule has 1 aliphatic heterocycles. The van der Waals surface area contributed by atoms with E-state index in [1.165, 1.54) is 6.07 Å².